The van der Waals surface area contributed by atoms with Gasteiger partial charge in [-0.3, -0.25) is 18.7 Å². The van der Waals surface area contributed by atoms with Gasteiger partial charge in [-0.1, -0.05) is 18.2 Å². The van der Waals surface area contributed by atoms with Crippen molar-refractivity contribution in [2.75, 3.05) is 11.9 Å². The molecule has 0 unspecified atom stereocenters. The average Bonchev–Trinajstić information content (AvgIpc) is 2.96. The van der Waals surface area contributed by atoms with Gasteiger partial charge in [0.1, 0.15) is 5.82 Å². The molecule has 0 aliphatic carbocycles. The number of pyridine rings is 1. The number of rotatable bonds is 4. The van der Waals surface area contributed by atoms with E-state index in [0.29, 0.717) is 30.1 Å². The molecular formula is C22H25N5O3. The highest BCUT2D eigenvalue weighted by molar-refractivity contribution is 5.93. The number of hydrogen-bond donors (Lipinski definition) is 1. The number of hydrogen-bond acceptors (Lipinski definition) is 4. The summed E-state index contributed by atoms with van der Waals surface area (Å²) in [5, 5.41) is 2.73. The zero-order chi connectivity index (χ0) is 21.4. The smallest absolute Gasteiger partial charge is 0.329 e. The predicted molar refractivity (Wildman–Crippen MR) is 114 cm³/mol. The van der Waals surface area contributed by atoms with Crippen molar-refractivity contribution < 1.29 is 9.59 Å². The van der Waals surface area contributed by atoms with Crippen LogP contribution in [0.15, 0.2) is 35.1 Å². The van der Waals surface area contributed by atoms with Gasteiger partial charge in [0.15, 0.2) is 5.65 Å². The van der Waals surface area contributed by atoms with E-state index in [4.69, 9.17) is 0 Å². The Morgan fingerprint density at radius 1 is 1.10 bits per heavy atom. The van der Waals surface area contributed by atoms with Crippen LogP contribution >= 0.6 is 0 Å². The van der Waals surface area contributed by atoms with Crippen LogP contribution in [0, 0.1) is 6.92 Å². The summed E-state index contributed by atoms with van der Waals surface area (Å²) >= 11 is 0. The first-order valence-corrected chi connectivity index (χ1v) is 10.0. The summed E-state index contributed by atoms with van der Waals surface area (Å²) < 4.78 is 2.94. The molecule has 0 saturated carbocycles. The van der Waals surface area contributed by atoms with E-state index in [-0.39, 0.29) is 30.3 Å². The quantitative estimate of drug-likeness (QED) is 0.715. The minimum absolute atomic E-state index is 0.0204. The van der Waals surface area contributed by atoms with Gasteiger partial charge in [-0.05, 0) is 42.2 Å². The number of amides is 2. The lowest BCUT2D eigenvalue weighted by Gasteiger charge is -2.30. The molecule has 30 heavy (non-hydrogen) atoms. The van der Waals surface area contributed by atoms with Crippen molar-refractivity contribution in [2.24, 2.45) is 14.1 Å². The standard InChI is InChI=1S/C22H25N5O3/c1-14-5-4-6-15-11-12-27(13-16(14)15)20(29)10-9-19(28)23-18-8-7-17-21(24-18)26(3)22(30)25(17)2/h4-8H,9-13H2,1-3H3,(H,23,24,28). The molecule has 4 rings (SSSR count). The maximum Gasteiger partial charge on any atom is 0.329 e. The van der Waals surface area contributed by atoms with Gasteiger partial charge in [0.2, 0.25) is 11.8 Å². The van der Waals surface area contributed by atoms with Gasteiger partial charge in [0, 0.05) is 40.0 Å². The van der Waals surface area contributed by atoms with Crippen molar-refractivity contribution in [1.29, 1.82) is 0 Å². The normalized spacial score (nSPS) is 13.4. The molecule has 156 valence electrons. The highest BCUT2D eigenvalue weighted by Gasteiger charge is 2.22. The maximum atomic E-state index is 12.6. The van der Waals surface area contributed by atoms with Gasteiger partial charge < -0.3 is 10.2 Å². The second kappa shape index (κ2) is 7.78. The van der Waals surface area contributed by atoms with Crippen molar-refractivity contribution in [3.05, 3.63) is 57.5 Å². The molecule has 8 nitrogen and oxygen atoms in total. The summed E-state index contributed by atoms with van der Waals surface area (Å²) in [6, 6.07) is 9.63. The van der Waals surface area contributed by atoms with Gasteiger partial charge in [-0.2, -0.15) is 0 Å². The molecule has 3 heterocycles. The van der Waals surface area contributed by atoms with E-state index in [1.807, 2.05) is 4.90 Å². The van der Waals surface area contributed by atoms with E-state index < -0.39 is 0 Å². The molecule has 1 aliphatic heterocycles. The van der Waals surface area contributed by atoms with E-state index in [0.717, 1.165) is 6.42 Å². The van der Waals surface area contributed by atoms with Crippen molar-refractivity contribution in [3.8, 4) is 0 Å². The number of nitrogens with zero attached hydrogens (tertiary/aromatic N) is 4. The maximum absolute atomic E-state index is 12.6. The Morgan fingerprint density at radius 2 is 1.90 bits per heavy atom. The summed E-state index contributed by atoms with van der Waals surface area (Å²) in [7, 11) is 3.32. The Labute approximate surface area is 174 Å². The fourth-order valence-corrected chi connectivity index (χ4v) is 3.98. The summed E-state index contributed by atoms with van der Waals surface area (Å²) in [4.78, 5) is 43.2. The Balaban J connectivity index is 1.37. The lowest BCUT2D eigenvalue weighted by Crippen LogP contribution is -2.36. The molecule has 2 aromatic heterocycles. The van der Waals surface area contributed by atoms with Crippen molar-refractivity contribution in [3.63, 3.8) is 0 Å². The largest absolute Gasteiger partial charge is 0.338 e. The van der Waals surface area contributed by atoms with Crippen LogP contribution in [0.3, 0.4) is 0 Å². The average molecular weight is 407 g/mol. The third kappa shape index (κ3) is 3.60. The molecule has 0 bridgehead atoms. The molecule has 2 amide bonds. The molecular weight excluding hydrogens is 382 g/mol. The number of carbonyl (C=O) groups excluding carboxylic acids is 2. The van der Waals surface area contributed by atoms with Crippen molar-refractivity contribution in [1.82, 2.24) is 19.0 Å². The van der Waals surface area contributed by atoms with Crippen LogP contribution in [0.2, 0.25) is 0 Å². The molecule has 0 atom stereocenters. The molecule has 3 aromatic rings. The monoisotopic (exact) mass is 407 g/mol. The number of benzene rings is 1. The first-order chi connectivity index (χ1) is 14.3. The van der Waals surface area contributed by atoms with Gasteiger partial charge in [0.25, 0.3) is 0 Å². The number of imidazole rings is 1. The Kier molecular flexibility index (Phi) is 5.15. The lowest BCUT2D eigenvalue weighted by molar-refractivity contribution is -0.133. The second-order valence-electron chi connectivity index (χ2n) is 7.77. The van der Waals surface area contributed by atoms with Gasteiger partial charge in [0.05, 0.1) is 5.52 Å². The summed E-state index contributed by atoms with van der Waals surface area (Å²) in [5.41, 5.74) is 4.72. The van der Waals surface area contributed by atoms with E-state index in [2.05, 4.69) is 35.4 Å². The molecule has 0 spiro atoms. The molecule has 0 radical (unpaired) electrons. The first-order valence-electron chi connectivity index (χ1n) is 10.0. The first kappa shape index (κ1) is 19.9. The molecule has 8 heteroatoms. The number of aryl methyl sites for hydroxylation is 3. The minimum atomic E-state index is -0.273. The van der Waals surface area contributed by atoms with E-state index in [1.54, 1.807) is 26.2 Å². The Hall–Kier alpha value is -3.42. The lowest BCUT2D eigenvalue weighted by atomic mass is 9.95. The predicted octanol–water partition coefficient (Wildman–Crippen LogP) is 1.88. The molecule has 1 N–H and O–H groups in total. The zero-order valence-electron chi connectivity index (χ0n) is 17.4. The topological polar surface area (TPSA) is 89.2 Å². The molecule has 1 aliphatic rings. The number of nitrogens with one attached hydrogen (secondary N) is 1. The molecule has 0 saturated heterocycles. The van der Waals surface area contributed by atoms with Crippen molar-refractivity contribution >= 4 is 28.8 Å². The van der Waals surface area contributed by atoms with Crippen LogP contribution in [0.25, 0.3) is 11.2 Å². The highest BCUT2D eigenvalue weighted by atomic mass is 16.2. The zero-order valence-corrected chi connectivity index (χ0v) is 17.4. The van der Waals surface area contributed by atoms with Crippen LogP contribution < -0.4 is 11.0 Å². The second-order valence-corrected chi connectivity index (χ2v) is 7.77. The SMILES string of the molecule is Cc1cccc2c1CN(C(=O)CCC(=O)Nc1ccc3c(n1)n(C)c(=O)n3C)CC2. The van der Waals surface area contributed by atoms with Crippen LogP contribution in [-0.2, 0) is 36.6 Å². The third-order valence-corrected chi connectivity index (χ3v) is 5.80. The van der Waals surface area contributed by atoms with Gasteiger partial charge >= 0.3 is 5.69 Å². The van der Waals surface area contributed by atoms with Gasteiger partial charge in [-0.25, -0.2) is 9.78 Å². The fraction of sp³-hybridized carbons (Fsp3) is 0.364. The van der Waals surface area contributed by atoms with Gasteiger partial charge in [-0.15, -0.1) is 0 Å². The number of carbonyl (C=O) groups is 2. The number of fused-ring (bicyclic) bond motifs is 2. The molecule has 0 fully saturated rings. The highest BCUT2D eigenvalue weighted by Crippen LogP contribution is 2.23. The van der Waals surface area contributed by atoms with Crippen LogP contribution in [-0.4, -0.2) is 37.4 Å². The third-order valence-electron chi connectivity index (χ3n) is 5.80. The van der Waals surface area contributed by atoms with Crippen molar-refractivity contribution in [2.45, 2.75) is 32.7 Å². The van der Waals surface area contributed by atoms with E-state index in [9.17, 15) is 14.4 Å². The van der Waals surface area contributed by atoms with E-state index >= 15 is 0 Å². The number of aromatic nitrogens is 3. The number of anilines is 1. The summed E-state index contributed by atoms with van der Waals surface area (Å²) in [6.45, 7) is 3.34. The minimum Gasteiger partial charge on any atom is -0.338 e. The van der Waals surface area contributed by atoms with Crippen LogP contribution in [0.4, 0.5) is 5.82 Å². The Morgan fingerprint density at radius 3 is 2.70 bits per heavy atom. The summed E-state index contributed by atoms with van der Waals surface area (Å²) in [5.74, 6) is 0.0707. The van der Waals surface area contributed by atoms with Crippen LogP contribution in [0.1, 0.15) is 29.5 Å². The van der Waals surface area contributed by atoms with E-state index in [1.165, 1.54) is 25.8 Å². The Bertz CT molecular complexity index is 1210. The molecule has 1 aromatic carbocycles. The summed E-state index contributed by atoms with van der Waals surface area (Å²) in [6.07, 6.45) is 1.08. The fourth-order valence-electron chi connectivity index (χ4n) is 3.98. The van der Waals surface area contributed by atoms with Crippen LogP contribution in [0.5, 0.6) is 0 Å².